The first-order valence-corrected chi connectivity index (χ1v) is 4.82. The third kappa shape index (κ3) is 2.94. The molecular formula is C10H13N3O3. The van der Waals surface area contributed by atoms with Gasteiger partial charge in [-0.1, -0.05) is 12.7 Å². The van der Waals surface area contributed by atoms with Gasteiger partial charge in [-0.2, -0.15) is 4.98 Å². The number of rotatable bonds is 6. The topological polar surface area (TPSA) is 77.3 Å². The van der Waals surface area contributed by atoms with Crippen LogP contribution in [0.3, 0.4) is 0 Å². The number of nitro groups is 1. The molecule has 1 heterocycles. The second kappa shape index (κ2) is 5.69. The zero-order chi connectivity index (χ0) is 12.0. The van der Waals surface area contributed by atoms with Gasteiger partial charge >= 0.3 is 5.69 Å². The van der Waals surface area contributed by atoms with E-state index in [1.165, 1.54) is 12.1 Å². The fraction of sp³-hybridized carbons (Fsp3) is 0.300. The van der Waals surface area contributed by atoms with Gasteiger partial charge in [-0.25, -0.2) is 0 Å². The summed E-state index contributed by atoms with van der Waals surface area (Å²) in [6.45, 7) is 6.25. The third-order valence-corrected chi connectivity index (χ3v) is 1.73. The predicted molar refractivity (Wildman–Crippen MR) is 60.7 cm³/mol. The highest BCUT2D eigenvalue weighted by Crippen LogP contribution is 2.26. The van der Waals surface area contributed by atoms with Gasteiger partial charge in [0.1, 0.15) is 12.4 Å². The molecule has 0 unspecified atom stereocenters. The first-order chi connectivity index (χ1) is 7.69. The normalized spacial score (nSPS) is 9.56. The fourth-order valence-corrected chi connectivity index (χ4v) is 1.10. The lowest BCUT2D eigenvalue weighted by Crippen LogP contribution is -2.04. The van der Waals surface area contributed by atoms with E-state index >= 15 is 0 Å². The molecule has 86 valence electrons. The molecule has 0 saturated carbocycles. The summed E-state index contributed by atoms with van der Waals surface area (Å²) < 4.78 is 5.12. The maximum Gasteiger partial charge on any atom is 0.331 e. The van der Waals surface area contributed by atoms with Gasteiger partial charge < -0.3 is 10.1 Å². The quantitative estimate of drug-likeness (QED) is 0.453. The minimum Gasteiger partial charge on any atom is -0.469 e. The van der Waals surface area contributed by atoms with Crippen molar-refractivity contribution in [2.75, 3.05) is 18.5 Å². The van der Waals surface area contributed by atoms with Gasteiger partial charge in [0.2, 0.25) is 0 Å². The highest BCUT2D eigenvalue weighted by atomic mass is 16.6. The highest BCUT2D eigenvalue weighted by molar-refractivity contribution is 5.49. The van der Waals surface area contributed by atoms with E-state index in [1.54, 1.807) is 6.07 Å². The van der Waals surface area contributed by atoms with E-state index in [2.05, 4.69) is 16.9 Å². The summed E-state index contributed by atoms with van der Waals surface area (Å²) in [6.07, 6.45) is 1.51. The Bertz CT molecular complexity index is 393. The van der Waals surface area contributed by atoms with Gasteiger partial charge in [-0.3, -0.25) is 10.1 Å². The summed E-state index contributed by atoms with van der Waals surface area (Å²) in [7, 11) is 0. The van der Waals surface area contributed by atoms with Crippen molar-refractivity contribution in [3.8, 4) is 5.88 Å². The molecule has 16 heavy (non-hydrogen) atoms. The average Bonchev–Trinajstić information content (AvgIpc) is 2.26. The monoisotopic (exact) mass is 223 g/mol. The van der Waals surface area contributed by atoms with Crippen molar-refractivity contribution in [3.63, 3.8) is 0 Å². The van der Waals surface area contributed by atoms with Crippen LogP contribution in [0, 0.1) is 10.1 Å². The first-order valence-electron chi connectivity index (χ1n) is 4.82. The van der Waals surface area contributed by atoms with Crippen LogP contribution in [0.1, 0.15) is 6.92 Å². The predicted octanol–water partition coefficient (Wildman–Crippen LogP) is 1.99. The molecular weight excluding hydrogens is 210 g/mol. The molecule has 0 spiro atoms. The molecule has 0 fully saturated rings. The van der Waals surface area contributed by atoms with Crippen LogP contribution in [-0.2, 0) is 0 Å². The average molecular weight is 223 g/mol. The summed E-state index contributed by atoms with van der Waals surface area (Å²) >= 11 is 0. The van der Waals surface area contributed by atoms with Gasteiger partial charge in [0.25, 0.3) is 5.88 Å². The van der Waals surface area contributed by atoms with E-state index in [-0.39, 0.29) is 18.2 Å². The van der Waals surface area contributed by atoms with E-state index in [1.807, 2.05) is 6.92 Å². The third-order valence-electron chi connectivity index (χ3n) is 1.73. The van der Waals surface area contributed by atoms with Gasteiger partial charge in [0.05, 0.1) is 4.92 Å². The molecule has 0 bridgehead atoms. The maximum atomic E-state index is 10.7. The van der Waals surface area contributed by atoms with Gasteiger partial charge in [0, 0.05) is 12.6 Å². The molecule has 0 aliphatic heterocycles. The van der Waals surface area contributed by atoms with Crippen LogP contribution in [0.5, 0.6) is 5.88 Å². The van der Waals surface area contributed by atoms with Crippen LogP contribution in [-0.4, -0.2) is 23.1 Å². The number of aromatic nitrogens is 1. The lowest BCUT2D eigenvalue weighted by molar-refractivity contribution is -0.386. The number of hydrogen-bond acceptors (Lipinski definition) is 5. The number of nitrogens with zero attached hydrogens (tertiary/aromatic N) is 2. The fourth-order valence-electron chi connectivity index (χ4n) is 1.10. The van der Waals surface area contributed by atoms with Crippen LogP contribution < -0.4 is 10.1 Å². The van der Waals surface area contributed by atoms with Crippen molar-refractivity contribution < 1.29 is 9.66 Å². The lowest BCUT2D eigenvalue weighted by Gasteiger charge is -2.06. The van der Waals surface area contributed by atoms with E-state index in [0.29, 0.717) is 12.4 Å². The van der Waals surface area contributed by atoms with Crippen molar-refractivity contribution in [1.29, 1.82) is 0 Å². The van der Waals surface area contributed by atoms with Crippen LogP contribution in [0.25, 0.3) is 0 Å². The van der Waals surface area contributed by atoms with Crippen LogP contribution >= 0.6 is 0 Å². The van der Waals surface area contributed by atoms with Crippen molar-refractivity contribution >= 4 is 11.5 Å². The Balaban J connectivity index is 3.00. The van der Waals surface area contributed by atoms with E-state index in [9.17, 15) is 10.1 Å². The smallest absolute Gasteiger partial charge is 0.331 e. The summed E-state index contributed by atoms with van der Waals surface area (Å²) in [6, 6.07) is 2.91. The lowest BCUT2D eigenvalue weighted by atomic mass is 10.4. The SMILES string of the molecule is C=CCOc1nc(NCC)ccc1[N+](=O)[O-]. The zero-order valence-electron chi connectivity index (χ0n) is 8.97. The molecule has 0 aliphatic rings. The van der Waals surface area contributed by atoms with Crippen molar-refractivity contribution in [3.05, 3.63) is 34.9 Å². The van der Waals surface area contributed by atoms with Crippen LogP contribution in [0.15, 0.2) is 24.8 Å². The van der Waals surface area contributed by atoms with Gasteiger partial charge in [-0.05, 0) is 13.0 Å². The minimum atomic E-state index is -0.527. The molecule has 1 rings (SSSR count). The number of pyridine rings is 1. The molecule has 0 radical (unpaired) electrons. The largest absolute Gasteiger partial charge is 0.469 e. The maximum absolute atomic E-state index is 10.7. The molecule has 6 nitrogen and oxygen atoms in total. The first kappa shape index (κ1) is 12.0. The number of nitrogens with one attached hydrogen (secondary N) is 1. The second-order valence-electron chi connectivity index (χ2n) is 2.91. The van der Waals surface area contributed by atoms with E-state index in [4.69, 9.17) is 4.74 Å². The second-order valence-corrected chi connectivity index (χ2v) is 2.91. The number of hydrogen-bond donors (Lipinski definition) is 1. The van der Waals surface area contributed by atoms with E-state index in [0.717, 1.165) is 0 Å². The van der Waals surface area contributed by atoms with Crippen molar-refractivity contribution in [1.82, 2.24) is 4.98 Å². The van der Waals surface area contributed by atoms with Gasteiger partial charge in [0.15, 0.2) is 0 Å². The Morgan fingerprint density at radius 3 is 3.00 bits per heavy atom. The van der Waals surface area contributed by atoms with Gasteiger partial charge in [-0.15, -0.1) is 0 Å². The molecule has 0 aliphatic carbocycles. The highest BCUT2D eigenvalue weighted by Gasteiger charge is 2.16. The Kier molecular flexibility index (Phi) is 4.26. The molecule has 0 atom stereocenters. The number of anilines is 1. The zero-order valence-corrected chi connectivity index (χ0v) is 8.97. The molecule has 6 heteroatoms. The Morgan fingerprint density at radius 1 is 1.69 bits per heavy atom. The molecule has 1 aromatic heterocycles. The Hall–Kier alpha value is -2.11. The molecule has 0 saturated heterocycles. The molecule has 0 aromatic carbocycles. The summed E-state index contributed by atoms with van der Waals surface area (Å²) in [5, 5.41) is 13.6. The van der Waals surface area contributed by atoms with Crippen LogP contribution in [0.4, 0.5) is 11.5 Å². The molecule has 1 N–H and O–H groups in total. The summed E-state index contributed by atoms with van der Waals surface area (Å²) in [5.74, 6) is 0.551. The molecule has 0 amide bonds. The Labute approximate surface area is 93.1 Å². The van der Waals surface area contributed by atoms with E-state index < -0.39 is 4.92 Å². The summed E-state index contributed by atoms with van der Waals surface area (Å²) in [4.78, 5) is 14.2. The van der Waals surface area contributed by atoms with Crippen molar-refractivity contribution in [2.45, 2.75) is 6.92 Å². The molecule has 1 aromatic rings. The van der Waals surface area contributed by atoms with Crippen LogP contribution in [0.2, 0.25) is 0 Å². The standard InChI is InChI=1S/C10H13N3O3/c1-3-7-16-10-8(13(14)15)5-6-9(12-10)11-4-2/h3,5-6H,1,4,7H2,2H3,(H,11,12). The Morgan fingerprint density at radius 2 is 2.44 bits per heavy atom. The van der Waals surface area contributed by atoms with Crippen molar-refractivity contribution in [2.24, 2.45) is 0 Å². The number of ether oxygens (including phenoxy) is 1. The summed E-state index contributed by atoms with van der Waals surface area (Å²) in [5.41, 5.74) is -0.150. The minimum absolute atomic E-state index is 0.00310.